The smallest absolute Gasteiger partial charge is 0.270 e. The van der Waals surface area contributed by atoms with Crippen molar-refractivity contribution >= 4 is 17.3 Å². The van der Waals surface area contributed by atoms with Crippen LogP contribution in [0.3, 0.4) is 0 Å². The highest BCUT2D eigenvalue weighted by Gasteiger charge is 2.30. The van der Waals surface area contributed by atoms with Gasteiger partial charge in [0.1, 0.15) is 6.17 Å². The normalized spacial score (nSPS) is 24.5. The molecule has 1 aromatic rings. The summed E-state index contributed by atoms with van der Waals surface area (Å²) in [4.78, 5) is 22.4. The molecule has 0 saturated heterocycles. The molecule has 2 aliphatic rings. The summed E-state index contributed by atoms with van der Waals surface area (Å²) in [6.07, 6.45) is 7.15. The number of nitro benzene ring substituents is 1. The Labute approximate surface area is 116 Å². The fraction of sp³-hybridized carbons (Fsp3) is 0.357. The number of rotatable bonds is 2. The molecule has 1 amide bonds. The quantitative estimate of drug-likeness (QED) is 0.492. The molecule has 0 aromatic heterocycles. The van der Waals surface area contributed by atoms with Gasteiger partial charge in [-0.25, -0.2) is 0 Å². The Balaban J connectivity index is 1.86. The zero-order chi connectivity index (χ0) is 14.1. The topological polar surface area (TPSA) is 84.3 Å². The minimum Gasteiger partial charge on any atom is -0.364 e. The van der Waals surface area contributed by atoms with Crippen LogP contribution in [-0.2, 0) is 0 Å². The predicted molar refractivity (Wildman–Crippen MR) is 74.5 cm³/mol. The lowest BCUT2D eigenvalue weighted by molar-refractivity contribution is -0.384. The fourth-order valence-corrected chi connectivity index (χ4v) is 2.74. The summed E-state index contributed by atoms with van der Waals surface area (Å²) in [5, 5.41) is 16.9. The minimum absolute atomic E-state index is 0.0697. The summed E-state index contributed by atoms with van der Waals surface area (Å²) >= 11 is 0. The molecule has 2 unspecified atom stereocenters. The lowest BCUT2D eigenvalue weighted by atomic mass is 9.90. The third kappa shape index (κ3) is 2.24. The van der Waals surface area contributed by atoms with Crippen molar-refractivity contribution < 1.29 is 9.72 Å². The first-order valence-corrected chi connectivity index (χ1v) is 6.66. The Morgan fingerprint density at radius 1 is 1.25 bits per heavy atom. The van der Waals surface area contributed by atoms with Crippen molar-refractivity contribution in [3.63, 3.8) is 0 Å². The standard InChI is InChI=1S/C14H15N3O3/c18-14-11-8-10(17(19)20)6-7-12(11)15-13(16-14)9-4-2-1-3-5-9/h1-2,6-9,13,15H,3-5H2,(H,16,18). The van der Waals surface area contributed by atoms with Crippen LogP contribution in [0.15, 0.2) is 30.4 Å². The van der Waals surface area contributed by atoms with Gasteiger partial charge in [0.2, 0.25) is 0 Å². The molecule has 1 heterocycles. The average molecular weight is 273 g/mol. The van der Waals surface area contributed by atoms with E-state index in [1.807, 2.05) is 0 Å². The predicted octanol–water partition coefficient (Wildman–Crippen LogP) is 2.43. The average Bonchev–Trinajstić information content (AvgIpc) is 2.47. The molecule has 0 bridgehead atoms. The van der Waals surface area contributed by atoms with Gasteiger partial charge < -0.3 is 10.6 Å². The second-order valence-corrected chi connectivity index (χ2v) is 5.13. The molecule has 104 valence electrons. The van der Waals surface area contributed by atoms with Crippen molar-refractivity contribution in [2.24, 2.45) is 5.92 Å². The van der Waals surface area contributed by atoms with Crippen LogP contribution in [0.1, 0.15) is 29.6 Å². The molecule has 0 saturated carbocycles. The Morgan fingerprint density at radius 2 is 2.10 bits per heavy atom. The highest BCUT2D eigenvalue weighted by Crippen LogP contribution is 2.30. The first kappa shape index (κ1) is 12.7. The zero-order valence-corrected chi connectivity index (χ0v) is 10.8. The molecule has 1 aromatic carbocycles. The van der Waals surface area contributed by atoms with Crippen LogP contribution >= 0.6 is 0 Å². The first-order chi connectivity index (χ1) is 9.65. The van der Waals surface area contributed by atoms with E-state index in [-0.39, 0.29) is 17.8 Å². The maximum atomic E-state index is 12.1. The molecular weight excluding hydrogens is 258 g/mol. The third-order valence-corrected chi connectivity index (χ3v) is 3.84. The van der Waals surface area contributed by atoms with Gasteiger partial charge in [0, 0.05) is 23.7 Å². The maximum Gasteiger partial charge on any atom is 0.270 e. The van der Waals surface area contributed by atoms with E-state index in [4.69, 9.17) is 0 Å². The molecule has 1 aliphatic carbocycles. The van der Waals surface area contributed by atoms with Crippen LogP contribution in [0.2, 0.25) is 0 Å². The molecular formula is C14H15N3O3. The van der Waals surface area contributed by atoms with E-state index in [1.54, 1.807) is 6.07 Å². The van der Waals surface area contributed by atoms with Gasteiger partial charge in [0.05, 0.1) is 10.5 Å². The lowest BCUT2D eigenvalue weighted by Crippen LogP contribution is -2.49. The summed E-state index contributed by atoms with van der Waals surface area (Å²) in [6, 6.07) is 4.34. The van der Waals surface area contributed by atoms with Crippen LogP contribution in [0, 0.1) is 16.0 Å². The number of carbonyl (C=O) groups is 1. The van der Waals surface area contributed by atoms with Crippen molar-refractivity contribution in [2.45, 2.75) is 25.4 Å². The van der Waals surface area contributed by atoms with Gasteiger partial charge >= 0.3 is 0 Å². The van der Waals surface area contributed by atoms with Crippen molar-refractivity contribution in [2.75, 3.05) is 5.32 Å². The number of nitrogens with one attached hydrogen (secondary N) is 2. The molecule has 1 aliphatic heterocycles. The van der Waals surface area contributed by atoms with Gasteiger partial charge in [-0.3, -0.25) is 14.9 Å². The summed E-state index contributed by atoms with van der Waals surface area (Å²) in [7, 11) is 0. The molecule has 20 heavy (non-hydrogen) atoms. The number of anilines is 1. The number of carbonyl (C=O) groups excluding carboxylic acids is 1. The molecule has 2 atom stereocenters. The first-order valence-electron chi connectivity index (χ1n) is 6.66. The van der Waals surface area contributed by atoms with E-state index in [0.717, 1.165) is 19.3 Å². The van der Waals surface area contributed by atoms with Crippen molar-refractivity contribution in [1.82, 2.24) is 5.32 Å². The van der Waals surface area contributed by atoms with Crippen molar-refractivity contribution in [3.8, 4) is 0 Å². The fourth-order valence-electron chi connectivity index (χ4n) is 2.74. The van der Waals surface area contributed by atoms with E-state index < -0.39 is 4.92 Å². The van der Waals surface area contributed by atoms with Crippen molar-refractivity contribution in [3.05, 3.63) is 46.0 Å². The second kappa shape index (κ2) is 4.96. The van der Waals surface area contributed by atoms with Gasteiger partial charge in [0.25, 0.3) is 11.6 Å². The monoisotopic (exact) mass is 273 g/mol. The molecule has 3 rings (SSSR count). The van der Waals surface area contributed by atoms with Gasteiger partial charge in [-0.05, 0) is 25.3 Å². The number of nitro groups is 1. The highest BCUT2D eigenvalue weighted by molar-refractivity contribution is 6.02. The Bertz CT molecular complexity index is 597. The number of amides is 1. The number of hydrogen-bond donors (Lipinski definition) is 2. The molecule has 6 nitrogen and oxygen atoms in total. The van der Waals surface area contributed by atoms with Gasteiger partial charge in [-0.2, -0.15) is 0 Å². The van der Waals surface area contributed by atoms with E-state index >= 15 is 0 Å². The Kier molecular flexibility index (Phi) is 3.14. The number of allylic oxidation sites excluding steroid dienone is 2. The van der Waals surface area contributed by atoms with E-state index in [0.29, 0.717) is 17.2 Å². The van der Waals surface area contributed by atoms with E-state index in [9.17, 15) is 14.9 Å². The summed E-state index contributed by atoms with van der Waals surface area (Å²) in [5.41, 5.74) is 0.931. The largest absolute Gasteiger partial charge is 0.364 e. The number of non-ortho nitro benzene ring substituents is 1. The molecule has 0 fully saturated rings. The minimum atomic E-state index is -0.494. The number of fused-ring (bicyclic) bond motifs is 1. The summed E-state index contributed by atoms with van der Waals surface area (Å²) in [5.74, 6) is 0.106. The molecule has 0 radical (unpaired) electrons. The number of benzene rings is 1. The molecule has 6 heteroatoms. The van der Waals surface area contributed by atoms with Crippen LogP contribution in [-0.4, -0.2) is 17.0 Å². The highest BCUT2D eigenvalue weighted by atomic mass is 16.6. The SMILES string of the molecule is O=C1NC(C2CC=CCC2)Nc2ccc([N+](=O)[O-])cc21. The van der Waals surface area contributed by atoms with Crippen LogP contribution in [0.5, 0.6) is 0 Å². The Hall–Kier alpha value is -2.37. The van der Waals surface area contributed by atoms with Crippen molar-refractivity contribution in [1.29, 1.82) is 0 Å². The zero-order valence-electron chi connectivity index (χ0n) is 10.8. The molecule has 0 spiro atoms. The van der Waals surface area contributed by atoms with Gasteiger partial charge in [-0.15, -0.1) is 0 Å². The van der Waals surface area contributed by atoms with E-state index in [1.165, 1.54) is 12.1 Å². The van der Waals surface area contributed by atoms with E-state index in [2.05, 4.69) is 22.8 Å². The number of hydrogen-bond acceptors (Lipinski definition) is 4. The van der Waals surface area contributed by atoms with Crippen LogP contribution in [0.25, 0.3) is 0 Å². The Morgan fingerprint density at radius 3 is 2.80 bits per heavy atom. The maximum absolute atomic E-state index is 12.1. The summed E-state index contributed by atoms with van der Waals surface area (Å²) < 4.78 is 0. The van der Waals surface area contributed by atoms with Gasteiger partial charge in [-0.1, -0.05) is 12.2 Å². The second-order valence-electron chi connectivity index (χ2n) is 5.13. The third-order valence-electron chi connectivity index (χ3n) is 3.84. The summed E-state index contributed by atoms with van der Waals surface area (Å²) in [6.45, 7) is 0. The van der Waals surface area contributed by atoms with Crippen LogP contribution in [0.4, 0.5) is 11.4 Å². The van der Waals surface area contributed by atoms with Crippen LogP contribution < -0.4 is 10.6 Å². The van der Waals surface area contributed by atoms with Gasteiger partial charge in [0.15, 0.2) is 0 Å². The molecule has 2 N–H and O–H groups in total. The number of nitrogens with zero attached hydrogens (tertiary/aromatic N) is 1. The lowest BCUT2D eigenvalue weighted by Gasteiger charge is -2.34.